The predicted molar refractivity (Wildman–Crippen MR) is 184 cm³/mol. The van der Waals surface area contributed by atoms with Crippen LogP contribution in [0.4, 0.5) is 11.4 Å². The van der Waals surface area contributed by atoms with Crippen LogP contribution in [0.3, 0.4) is 0 Å². The fraction of sp³-hybridized carbons (Fsp3) is 0.364. The van der Waals surface area contributed by atoms with Crippen LogP contribution in [0.25, 0.3) is 11.0 Å². The number of carbonyl (C=O) groups is 2. The minimum Gasteiger partial charge on any atom is -0.480 e. The Morgan fingerprint density at radius 2 is 1.95 bits per heavy atom. The van der Waals surface area contributed by atoms with Gasteiger partial charge in [-0.1, -0.05) is 42.9 Å². The Morgan fingerprint density at radius 1 is 1.16 bits per heavy atom. The molecule has 3 heterocycles. The number of nitrogens with zero attached hydrogens (tertiary/aromatic N) is 3. The number of anilines is 2. The van der Waals surface area contributed by atoms with Crippen molar-refractivity contribution < 1.29 is 14.7 Å². The molecule has 2 aliphatic heterocycles. The van der Waals surface area contributed by atoms with Crippen molar-refractivity contribution in [2.45, 2.75) is 68.8 Å². The molecule has 2 unspecified atom stereocenters. The van der Waals surface area contributed by atoms with E-state index in [0.717, 1.165) is 66.5 Å². The highest BCUT2D eigenvalue weighted by molar-refractivity contribution is 8.30. The molecule has 1 amide bonds. The van der Waals surface area contributed by atoms with Crippen molar-refractivity contribution in [3.05, 3.63) is 80.1 Å². The fourth-order valence-corrected chi connectivity index (χ4v) is 9.91. The molecule has 2 atom stereocenters. The Morgan fingerprint density at radius 3 is 2.66 bits per heavy atom. The highest BCUT2D eigenvalue weighted by Crippen LogP contribution is 2.52. The van der Waals surface area contributed by atoms with E-state index in [9.17, 15) is 19.5 Å². The smallest absolute Gasteiger partial charge is 0.323 e. The van der Waals surface area contributed by atoms with Crippen LogP contribution in [-0.2, 0) is 16.1 Å². The molecule has 1 N–H and O–H groups in total. The molecule has 2 aromatic carbocycles. The van der Waals surface area contributed by atoms with Gasteiger partial charge in [0, 0.05) is 34.8 Å². The van der Waals surface area contributed by atoms with Gasteiger partial charge in [0.2, 0.25) is 0 Å². The SMILES string of the molecule is [CH]CCCCSc1ccc(N2c3ccc(/C=c4\s/c(=C5/SC(=S)N(CC)C5=O)n(CC(=O)O)c4=O)cc3C3CCCC32)cc1. The Kier molecular flexibility index (Phi) is 9.37. The van der Waals surface area contributed by atoms with E-state index in [4.69, 9.17) is 19.1 Å². The third-order valence-corrected chi connectivity index (χ3v) is 12.2. The van der Waals surface area contributed by atoms with Gasteiger partial charge in [-0.15, -0.1) is 23.1 Å². The first-order valence-electron chi connectivity index (χ1n) is 14.9. The average molecular weight is 664 g/mol. The number of amides is 1. The Labute approximate surface area is 274 Å². The molecule has 228 valence electrons. The molecule has 7 nitrogen and oxygen atoms in total. The van der Waals surface area contributed by atoms with Gasteiger partial charge in [-0.3, -0.25) is 23.9 Å². The molecule has 3 aromatic rings. The Bertz CT molecular complexity index is 1800. The first kappa shape index (κ1) is 31.1. The second-order valence-corrected chi connectivity index (χ2v) is 14.9. The van der Waals surface area contributed by atoms with Gasteiger partial charge in [0.25, 0.3) is 11.5 Å². The number of carboxylic acid groups (broad SMARTS) is 1. The molecule has 44 heavy (non-hydrogen) atoms. The molecule has 1 saturated heterocycles. The molecule has 3 aliphatic rings. The van der Waals surface area contributed by atoms with Crippen molar-refractivity contribution in [3.63, 3.8) is 0 Å². The van der Waals surface area contributed by atoms with Gasteiger partial charge in [0.15, 0.2) is 0 Å². The maximum Gasteiger partial charge on any atom is 0.323 e. The molecule has 1 saturated carbocycles. The van der Waals surface area contributed by atoms with Crippen molar-refractivity contribution in [2.24, 2.45) is 0 Å². The van der Waals surface area contributed by atoms with Crippen molar-refractivity contribution in [2.75, 3.05) is 17.2 Å². The van der Waals surface area contributed by atoms with Crippen LogP contribution in [-0.4, -0.2) is 49.1 Å². The molecule has 11 heteroatoms. The minimum atomic E-state index is -1.15. The number of aromatic nitrogens is 1. The highest BCUT2D eigenvalue weighted by atomic mass is 32.2. The van der Waals surface area contributed by atoms with Crippen LogP contribution in [0.2, 0.25) is 0 Å². The molecule has 0 bridgehead atoms. The minimum absolute atomic E-state index is 0.294. The number of carbonyl (C=O) groups excluding carboxylic acids is 1. The van der Waals surface area contributed by atoms with Crippen LogP contribution >= 0.6 is 47.1 Å². The number of hydrogen-bond donors (Lipinski definition) is 1. The van der Waals surface area contributed by atoms with E-state index in [-0.39, 0.29) is 5.91 Å². The average Bonchev–Trinajstić information content (AvgIpc) is 3.74. The van der Waals surface area contributed by atoms with Crippen molar-refractivity contribution >= 4 is 85.6 Å². The van der Waals surface area contributed by atoms with Crippen LogP contribution in [0, 0.1) is 6.92 Å². The molecule has 0 spiro atoms. The van der Waals surface area contributed by atoms with E-state index in [2.05, 4.69) is 41.3 Å². The van der Waals surface area contributed by atoms with Crippen molar-refractivity contribution in [1.82, 2.24) is 9.47 Å². The third kappa shape index (κ3) is 5.91. The molecule has 6 rings (SSSR count). The first-order valence-corrected chi connectivity index (χ1v) is 17.9. The van der Waals surface area contributed by atoms with Gasteiger partial charge in [0.1, 0.15) is 20.4 Å². The molecule has 2 radical (unpaired) electrons. The van der Waals surface area contributed by atoms with Gasteiger partial charge < -0.3 is 10.0 Å². The van der Waals surface area contributed by atoms with Crippen molar-refractivity contribution in [3.8, 4) is 0 Å². The summed E-state index contributed by atoms with van der Waals surface area (Å²) in [4.78, 5) is 43.7. The van der Waals surface area contributed by atoms with E-state index < -0.39 is 18.1 Å². The predicted octanol–water partition coefficient (Wildman–Crippen LogP) is 5.57. The van der Waals surface area contributed by atoms with Crippen LogP contribution in [0.1, 0.15) is 62.5 Å². The fourth-order valence-electron chi connectivity index (χ4n) is 6.36. The summed E-state index contributed by atoms with van der Waals surface area (Å²) < 4.78 is 2.32. The zero-order valence-corrected chi connectivity index (χ0v) is 27.6. The summed E-state index contributed by atoms with van der Waals surface area (Å²) in [5.74, 6) is 0.0407. The Balaban J connectivity index is 1.36. The van der Waals surface area contributed by atoms with Crippen molar-refractivity contribution in [1.29, 1.82) is 0 Å². The normalized spacial score (nSPS) is 21.0. The van der Waals surface area contributed by atoms with E-state index in [0.29, 0.717) is 36.9 Å². The van der Waals surface area contributed by atoms with Gasteiger partial charge in [-0.2, -0.15) is 0 Å². The van der Waals surface area contributed by atoms with E-state index >= 15 is 0 Å². The quantitative estimate of drug-likeness (QED) is 0.171. The van der Waals surface area contributed by atoms with Crippen LogP contribution in [0.15, 0.2) is 52.2 Å². The summed E-state index contributed by atoms with van der Waals surface area (Å²) in [7, 11) is 0. The maximum atomic E-state index is 13.5. The summed E-state index contributed by atoms with van der Waals surface area (Å²) in [6, 6.07) is 15.6. The maximum absolute atomic E-state index is 13.5. The standard InChI is InChI=1S/C33H33N3O4S4/c1-3-5-6-16-42-22-13-11-21(12-14-22)36-25-9-7-8-23(25)24-17-20(10-15-26(24)36)18-27-30(39)35(19-28(37)38)32(43-27)29-31(40)34(4-2)33(41)44-29/h1,10-15,17-18,23,25H,3-9,16,19H2,2H3,(H,37,38)/b27-18-,32-29+. The lowest BCUT2D eigenvalue weighted by Crippen LogP contribution is -2.35. The molecule has 2 fully saturated rings. The number of rotatable bonds is 10. The molecular weight excluding hydrogens is 631 g/mol. The lowest BCUT2D eigenvalue weighted by Gasteiger charge is -2.27. The van der Waals surface area contributed by atoms with E-state index in [1.165, 1.54) is 37.7 Å². The summed E-state index contributed by atoms with van der Waals surface area (Å²) in [6.45, 7) is 7.34. The highest BCUT2D eigenvalue weighted by Gasteiger charge is 2.42. The number of hydrogen-bond acceptors (Lipinski definition) is 8. The largest absolute Gasteiger partial charge is 0.480 e. The van der Waals surface area contributed by atoms with Gasteiger partial charge in [-0.05, 0) is 98.9 Å². The lowest BCUT2D eigenvalue weighted by molar-refractivity contribution is -0.137. The number of thiazole rings is 1. The number of carboxylic acids is 1. The second kappa shape index (κ2) is 13.2. The summed E-state index contributed by atoms with van der Waals surface area (Å²) in [6.07, 6.45) is 8.14. The zero-order chi connectivity index (χ0) is 31.0. The number of thioether (sulfide) groups is 2. The monoisotopic (exact) mass is 663 g/mol. The van der Waals surface area contributed by atoms with Gasteiger partial charge >= 0.3 is 5.97 Å². The topological polar surface area (TPSA) is 82.8 Å². The third-order valence-electron chi connectivity index (χ3n) is 8.36. The zero-order valence-electron chi connectivity index (χ0n) is 24.4. The number of thiocarbonyl (C=S) groups is 1. The van der Waals surface area contributed by atoms with Gasteiger partial charge in [0.05, 0.1) is 4.53 Å². The molecular formula is C33H33N3O4S4. The number of aliphatic carboxylic acids is 1. The number of fused-ring (bicyclic) bond motifs is 3. The summed E-state index contributed by atoms with van der Waals surface area (Å²) >= 11 is 9.49. The summed E-state index contributed by atoms with van der Waals surface area (Å²) in [5.41, 5.74) is 4.14. The van der Waals surface area contributed by atoms with Crippen LogP contribution in [0.5, 0.6) is 0 Å². The molecule has 1 aromatic heterocycles. The Hall–Kier alpha value is -2.86. The molecule has 1 aliphatic carbocycles. The number of unbranched alkanes of at least 4 members (excludes halogenated alkanes) is 2. The van der Waals surface area contributed by atoms with E-state index in [1.807, 2.05) is 30.8 Å². The second-order valence-electron chi connectivity index (χ2n) is 11.1. The van der Waals surface area contributed by atoms with Crippen LogP contribution < -0.4 is 19.7 Å². The van der Waals surface area contributed by atoms with Gasteiger partial charge in [-0.25, -0.2) is 0 Å². The lowest BCUT2D eigenvalue weighted by atomic mass is 9.96. The number of benzene rings is 2. The summed E-state index contributed by atoms with van der Waals surface area (Å²) in [5, 5.41) is 9.55. The van der Waals surface area contributed by atoms with E-state index in [1.54, 1.807) is 0 Å². The first-order chi connectivity index (χ1) is 21.3.